The summed E-state index contributed by atoms with van der Waals surface area (Å²) in [5.74, 6) is -4.66. The van der Waals surface area contributed by atoms with E-state index in [4.69, 9.17) is 10.5 Å². The standard InChI is InChI=1S/C17H14F6O2.C8H5F4NO.C8H14/c1-9(10-3-4-14(19)15(7-10)24-2)11-5-12(18)8-13(6-11)25-17(22,23)16(20)21;9-6-2-1-4(7(13)14)3-5(6)8(10,11)12;1-4-5-6-7-8(2)3/h3-9,16H,1-2H3;1-3H,(H2,13,14);4-8H,1-3H3/b;;5-4-,7-6-. The van der Waals surface area contributed by atoms with Crippen LogP contribution in [0.4, 0.5) is 43.9 Å². The number of hydrogen-bond donors (Lipinski definition) is 1. The Kier molecular flexibility index (Phi) is 15.5. The zero-order valence-corrected chi connectivity index (χ0v) is 25.8. The molecule has 0 aromatic heterocycles. The number of amides is 1. The van der Waals surface area contributed by atoms with Crippen LogP contribution >= 0.6 is 0 Å². The fourth-order valence-electron chi connectivity index (χ4n) is 3.53. The van der Waals surface area contributed by atoms with Gasteiger partial charge in [0.2, 0.25) is 5.91 Å². The average Bonchev–Trinajstić information content (AvgIpc) is 2.96. The zero-order chi connectivity index (χ0) is 36.1. The molecule has 1 amide bonds. The van der Waals surface area contributed by atoms with E-state index in [2.05, 4.69) is 30.7 Å². The lowest BCUT2D eigenvalue weighted by molar-refractivity contribution is -0.253. The molecule has 3 aromatic carbocycles. The van der Waals surface area contributed by atoms with Crippen molar-refractivity contribution in [2.75, 3.05) is 7.11 Å². The smallest absolute Gasteiger partial charge is 0.461 e. The molecule has 3 aromatic rings. The molecule has 258 valence electrons. The molecule has 0 fully saturated rings. The van der Waals surface area contributed by atoms with Crippen molar-refractivity contribution in [2.24, 2.45) is 11.7 Å². The third-order valence-corrected chi connectivity index (χ3v) is 5.93. The molecule has 4 nitrogen and oxygen atoms in total. The van der Waals surface area contributed by atoms with E-state index in [1.807, 2.05) is 19.1 Å². The van der Waals surface area contributed by atoms with Gasteiger partial charge >= 0.3 is 18.7 Å². The molecule has 0 saturated heterocycles. The predicted octanol–water partition coefficient (Wildman–Crippen LogP) is 10.1. The summed E-state index contributed by atoms with van der Waals surface area (Å²) < 4.78 is 135. The summed E-state index contributed by atoms with van der Waals surface area (Å²) in [6.45, 7) is 7.96. The minimum absolute atomic E-state index is 0.0403. The molecule has 1 atom stereocenters. The van der Waals surface area contributed by atoms with Gasteiger partial charge in [0.05, 0.1) is 12.7 Å². The van der Waals surface area contributed by atoms with Crippen LogP contribution in [0, 0.1) is 23.4 Å². The highest BCUT2D eigenvalue weighted by Gasteiger charge is 2.44. The fraction of sp³-hybridized carbons (Fsp3) is 0.303. The van der Waals surface area contributed by atoms with Crippen LogP contribution in [-0.4, -0.2) is 25.6 Å². The number of carbonyl (C=O) groups is 1. The average molecular weight is 682 g/mol. The lowest BCUT2D eigenvalue weighted by Crippen LogP contribution is -2.33. The summed E-state index contributed by atoms with van der Waals surface area (Å²) in [4.78, 5) is 10.5. The first kappa shape index (κ1) is 40.5. The second-order valence-corrected chi connectivity index (χ2v) is 10.0. The van der Waals surface area contributed by atoms with Gasteiger partial charge in [-0.15, -0.1) is 0 Å². The molecule has 1 unspecified atom stereocenters. The van der Waals surface area contributed by atoms with Crippen LogP contribution in [-0.2, 0) is 6.18 Å². The Morgan fingerprint density at radius 3 is 1.96 bits per heavy atom. The molecule has 0 radical (unpaired) electrons. The largest absolute Gasteiger partial charge is 0.494 e. The third-order valence-electron chi connectivity index (χ3n) is 5.93. The Morgan fingerprint density at radius 1 is 0.830 bits per heavy atom. The van der Waals surface area contributed by atoms with Crippen LogP contribution in [0.5, 0.6) is 11.5 Å². The van der Waals surface area contributed by atoms with Crippen LogP contribution < -0.4 is 15.2 Å². The molecule has 0 aliphatic carbocycles. The molecule has 0 aliphatic rings. The summed E-state index contributed by atoms with van der Waals surface area (Å²) >= 11 is 0. The van der Waals surface area contributed by atoms with Crippen LogP contribution in [0.3, 0.4) is 0 Å². The van der Waals surface area contributed by atoms with Gasteiger partial charge in [-0.25, -0.2) is 13.2 Å². The van der Waals surface area contributed by atoms with Crippen molar-refractivity contribution >= 4 is 5.91 Å². The van der Waals surface area contributed by atoms with Crippen molar-refractivity contribution in [2.45, 2.75) is 52.3 Å². The number of primary amides is 1. The van der Waals surface area contributed by atoms with Crippen molar-refractivity contribution in [1.82, 2.24) is 0 Å². The molecule has 47 heavy (non-hydrogen) atoms. The van der Waals surface area contributed by atoms with E-state index in [0.717, 1.165) is 24.3 Å². The maximum Gasteiger partial charge on any atom is 0.461 e. The van der Waals surface area contributed by atoms with Gasteiger partial charge in [0.25, 0.3) is 0 Å². The van der Waals surface area contributed by atoms with Gasteiger partial charge < -0.3 is 15.2 Å². The molecular weight excluding hydrogens is 648 g/mol. The summed E-state index contributed by atoms with van der Waals surface area (Å²) in [6.07, 6.45) is -5.31. The predicted molar refractivity (Wildman–Crippen MR) is 157 cm³/mol. The highest BCUT2D eigenvalue weighted by Crippen LogP contribution is 2.34. The van der Waals surface area contributed by atoms with Gasteiger partial charge in [0, 0.05) is 17.5 Å². The van der Waals surface area contributed by atoms with Crippen LogP contribution in [0.1, 0.15) is 60.7 Å². The number of allylic oxidation sites excluding steroid dienone is 4. The molecule has 0 heterocycles. The van der Waals surface area contributed by atoms with Crippen LogP contribution in [0.15, 0.2) is 78.9 Å². The lowest BCUT2D eigenvalue weighted by atomic mass is 9.92. The number of halogens is 10. The Balaban J connectivity index is 0.000000420. The van der Waals surface area contributed by atoms with E-state index < -0.39 is 59.3 Å². The monoisotopic (exact) mass is 681 g/mol. The van der Waals surface area contributed by atoms with Gasteiger partial charge in [-0.2, -0.15) is 30.7 Å². The minimum Gasteiger partial charge on any atom is -0.494 e. The van der Waals surface area contributed by atoms with Crippen LogP contribution in [0.2, 0.25) is 0 Å². The molecular formula is C33H33F10NO3. The maximum absolute atomic E-state index is 13.7. The first-order chi connectivity index (χ1) is 21.7. The molecule has 0 spiro atoms. The van der Waals surface area contributed by atoms with Crippen molar-refractivity contribution in [3.63, 3.8) is 0 Å². The Labute approximate surface area is 265 Å². The van der Waals surface area contributed by atoms with E-state index >= 15 is 0 Å². The minimum atomic E-state index is -4.82. The van der Waals surface area contributed by atoms with Gasteiger partial charge in [-0.1, -0.05) is 51.1 Å². The number of rotatable bonds is 9. The van der Waals surface area contributed by atoms with Crippen molar-refractivity contribution in [3.05, 3.63) is 119 Å². The number of carbonyl (C=O) groups excluding carboxylic acids is 1. The summed E-state index contributed by atoms with van der Waals surface area (Å²) in [6, 6.07) is 8.44. The number of ether oxygens (including phenoxy) is 2. The summed E-state index contributed by atoms with van der Waals surface area (Å²) in [5.41, 5.74) is 3.58. The molecule has 14 heteroatoms. The second kappa shape index (κ2) is 18.0. The first-order valence-electron chi connectivity index (χ1n) is 13.7. The Morgan fingerprint density at radius 2 is 1.45 bits per heavy atom. The van der Waals surface area contributed by atoms with E-state index in [1.54, 1.807) is 6.92 Å². The molecule has 0 bridgehead atoms. The van der Waals surface area contributed by atoms with Gasteiger partial charge in [-0.3, -0.25) is 4.79 Å². The SMILES string of the molecule is C/C=C\C=C/C(C)C.COc1cc(C(C)c2cc(F)cc(OC(F)(F)C(F)F)c2)ccc1F.NC(=O)c1ccc(F)c(C(F)(F)F)c1. The van der Waals surface area contributed by atoms with Gasteiger partial charge in [0.15, 0.2) is 11.6 Å². The number of benzene rings is 3. The quantitative estimate of drug-likeness (QED) is 0.181. The normalized spacial score (nSPS) is 12.4. The highest BCUT2D eigenvalue weighted by atomic mass is 19.4. The van der Waals surface area contributed by atoms with Crippen molar-refractivity contribution in [3.8, 4) is 11.5 Å². The summed E-state index contributed by atoms with van der Waals surface area (Å²) in [5, 5.41) is 0. The second-order valence-electron chi connectivity index (χ2n) is 10.0. The Bertz CT molecular complexity index is 1520. The number of nitrogens with two attached hydrogens (primary N) is 1. The number of hydrogen-bond acceptors (Lipinski definition) is 3. The van der Waals surface area contributed by atoms with E-state index in [-0.39, 0.29) is 16.9 Å². The van der Waals surface area contributed by atoms with E-state index in [9.17, 15) is 48.7 Å². The molecule has 0 aliphatic heterocycles. The van der Waals surface area contributed by atoms with Gasteiger partial charge in [0.1, 0.15) is 17.4 Å². The zero-order valence-electron chi connectivity index (χ0n) is 25.8. The number of alkyl halides is 7. The molecule has 2 N–H and O–H groups in total. The summed E-state index contributed by atoms with van der Waals surface area (Å²) in [7, 11) is 1.27. The highest BCUT2D eigenvalue weighted by molar-refractivity contribution is 5.92. The first-order valence-corrected chi connectivity index (χ1v) is 13.7. The molecule has 0 saturated carbocycles. The fourth-order valence-corrected chi connectivity index (χ4v) is 3.53. The number of methoxy groups -OCH3 is 1. The topological polar surface area (TPSA) is 61.6 Å². The van der Waals surface area contributed by atoms with E-state index in [0.29, 0.717) is 29.7 Å². The van der Waals surface area contributed by atoms with Gasteiger partial charge in [-0.05, 0) is 66.4 Å². The van der Waals surface area contributed by atoms with Crippen molar-refractivity contribution < 1.29 is 58.2 Å². The van der Waals surface area contributed by atoms with E-state index in [1.165, 1.54) is 19.2 Å². The Hall–Kier alpha value is -4.49. The molecule has 3 rings (SSSR count). The van der Waals surface area contributed by atoms with Crippen molar-refractivity contribution in [1.29, 1.82) is 0 Å². The maximum atomic E-state index is 13.7. The van der Waals surface area contributed by atoms with Crippen LogP contribution in [0.25, 0.3) is 0 Å². The third kappa shape index (κ3) is 13.4. The lowest BCUT2D eigenvalue weighted by Gasteiger charge is -2.19.